The zero-order chi connectivity index (χ0) is 15.1. The molecule has 1 saturated heterocycles. The van der Waals surface area contributed by atoms with Crippen molar-refractivity contribution in [3.8, 4) is 0 Å². The summed E-state index contributed by atoms with van der Waals surface area (Å²) in [6.07, 6.45) is 6.33. The van der Waals surface area contributed by atoms with E-state index >= 15 is 0 Å². The molecular formula is C14H14N4O3S. The number of imidazole rings is 1. The maximum atomic E-state index is 11.5. The minimum absolute atomic E-state index is 0.00653. The van der Waals surface area contributed by atoms with Crippen LogP contribution in [0.5, 0.6) is 0 Å². The number of aromatic nitrogens is 2. The third-order valence-electron chi connectivity index (χ3n) is 4.04. The van der Waals surface area contributed by atoms with Gasteiger partial charge in [-0.25, -0.2) is 0 Å². The van der Waals surface area contributed by atoms with E-state index in [1.54, 1.807) is 22.2 Å². The van der Waals surface area contributed by atoms with E-state index in [0.717, 1.165) is 31.6 Å². The van der Waals surface area contributed by atoms with Crippen LogP contribution in [0, 0.1) is 10.1 Å². The van der Waals surface area contributed by atoms with Gasteiger partial charge in [0.15, 0.2) is 0 Å². The van der Waals surface area contributed by atoms with Crippen molar-refractivity contribution in [2.75, 3.05) is 11.4 Å². The zero-order valence-corrected chi connectivity index (χ0v) is 12.5. The maximum Gasteiger partial charge on any atom is 0.373 e. The summed E-state index contributed by atoms with van der Waals surface area (Å²) in [4.78, 5) is 18.3. The topological polar surface area (TPSA) is 76.8 Å². The Hall–Kier alpha value is -2.35. The molecule has 3 aromatic rings. The third-order valence-corrected chi connectivity index (χ3v) is 4.80. The Balaban J connectivity index is 1.83. The molecule has 0 spiro atoms. The van der Waals surface area contributed by atoms with Crippen LogP contribution in [0.3, 0.4) is 0 Å². The number of fused-ring (bicyclic) bond motifs is 1. The molecule has 1 fully saturated rings. The summed E-state index contributed by atoms with van der Waals surface area (Å²) in [5, 5.41) is 13.3. The van der Waals surface area contributed by atoms with E-state index in [2.05, 4.69) is 4.98 Å². The smallest absolute Gasteiger partial charge is 0.373 e. The van der Waals surface area contributed by atoms with Gasteiger partial charge in [-0.2, -0.15) is 9.38 Å². The number of nitrogens with zero attached hydrogens (tertiary/aromatic N) is 4. The molecule has 0 aliphatic carbocycles. The minimum Gasteiger partial charge on any atom is -0.467 e. The van der Waals surface area contributed by atoms with Gasteiger partial charge in [-0.3, -0.25) is 0 Å². The van der Waals surface area contributed by atoms with Gasteiger partial charge >= 0.3 is 5.82 Å². The third kappa shape index (κ3) is 1.98. The molecule has 0 saturated carbocycles. The van der Waals surface area contributed by atoms with Crippen molar-refractivity contribution in [1.82, 2.24) is 9.38 Å². The number of furan rings is 1. The zero-order valence-electron chi connectivity index (χ0n) is 11.7. The fourth-order valence-electron chi connectivity index (χ4n) is 3.09. The molecule has 114 valence electrons. The van der Waals surface area contributed by atoms with E-state index in [1.165, 1.54) is 11.3 Å². The summed E-state index contributed by atoms with van der Waals surface area (Å²) >= 11 is 1.40. The summed E-state index contributed by atoms with van der Waals surface area (Å²) in [5.74, 6) is 1.32. The second kappa shape index (κ2) is 5.13. The Morgan fingerprint density at radius 3 is 3.14 bits per heavy atom. The largest absolute Gasteiger partial charge is 0.467 e. The second-order valence-electron chi connectivity index (χ2n) is 5.29. The summed E-state index contributed by atoms with van der Waals surface area (Å²) in [6, 6.07) is 3.78. The highest BCUT2D eigenvalue weighted by atomic mass is 32.1. The monoisotopic (exact) mass is 318 g/mol. The molecule has 7 nitrogen and oxygen atoms in total. The molecule has 22 heavy (non-hydrogen) atoms. The number of hydrogen-bond acceptors (Lipinski definition) is 6. The van der Waals surface area contributed by atoms with Gasteiger partial charge in [-0.1, -0.05) is 11.3 Å². The molecular weight excluding hydrogens is 304 g/mol. The summed E-state index contributed by atoms with van der Waals surface area (Å²) < 4.78 is 7.09. The lowest BCUT2D eigenvalue weighted by Crippen LogP contribution is -2.33. The maximum absolute atomic E-state index is 11.5. The van der Waals surface area contributed by atoms with Gasteiger partial charge in [0.25, 0.3) is 4.96 Å². The van der Waals surface area contributed by atoms with E-state index < -0.39 is 0 Å². The number of hydrogen-bond donors (Lipinski definition) is 0. The van der Waals surface area contributed by atoms with Gasteiger partial charge in [0.2, 0.25) is 5.82 Å². The van der Waals surface area contributed by atoms with Crippen LogP contribution in [-0.4, -0.2) is 20.9 Å². The predicted octanol–water partition coefficient (Wildman–Crippen LogP) is 3.63. The highest BCUT2D eigenvalue weighted by molar-refractivity contribution is 7.15. The highest BCUT2D eigenvalue weighted by Gasteiger charge is 2.34. The average Bonchev–Trinajstić information content (AvgIpc) is 3.23. The van der Waals surface area contributed by atoms with Crippen molar-refractivity contribution in [2.45, 2.75) is 25.3 Å². The Morgan fingerprint density at radius 2 is 2.36 bits per heavy atom. The number of anilines is 1. The van der Waals surface area contributed by atoms with Crippen LogP contribution < -0.4 is 4.90 Å². The lowest BCUT2D eigenvalue weighted by atomic mass is 10.00. The fraction of sp³-hybridized carbons (Fsp3) is 0.357. The van der Waals surface area contributed by atoms with Gasteiger partial charge in [-0.15, -0.1) is 0 Å². The number of thiazole rings is 1. The number of piperidine rings is 1. The van der Waals surface area contributed by atoms with Crippen LogP contribution in [0.4, 0.5) is 11.6 Å². The molecule has 0 amide bonds. The second-order valence-corrected chi connectivity index (χ2v) is 6.17. The minimum atomic E-state index is -0.351. The van der Waals surface area contributed by atoms with Crippen molar-refractivity contribution < 1.29 is 9.34 Å². The number of rotatable bonds is 3. The van der Waals surface area contributed by atoms with E-state index in [1.807, 2.05) is 17.0 Å². The summed E-state index contributed by atoms with van der Waals surface area (Å²) in [5.41, 5.74) is 0. The Bertz CT molecular complexity index is 807. The fourth-order valence-corrected chi connectivity index (χ4v) is 3.79. The molecule has 8 heteroatoms. The van der Waals surface area contributed by atoms with E-state index in [0.29, 0.717) is 10.8 Å². The molecule has 4 heterocycles. The van der Waals surface area contributed by atoms with Crippen LogP contribution in [-0.2, 0) is 0 Å². The Kier molecular flexibility index (Phi) is 3.11. The quantitative estimate of drug-likeness (QED) is 0.544. The first kappa shape index (κ1) is 13.3. The molecule has 0 aromatic carbocycles. The predicted molar refractivity (Wildman–Crippen MR) is 82.4 cm³/mol. The van der Waals surface area contributed by atoms with Gasteiger partial charge in [0, 0.05) is 11.9 Å². The molecule has 0 N–H and O–H groups in total. The standard InChI is InChI=1S/C14H14N4O3S/c19-18(20)13-12(15-14-17(13)7-9-22-14)16-6-2-1-4-10(16)11-5-3-8-21-11/h3,5,7-10H,1-2,4,6H2/t10-/m1/s1. The van der Waals surface area contributed by atoms with Gasteiger partial charge < -0.3 is 19.4 Å². The van der Waals surface area contributed by atoms with Crippen LogP contribution in [0.15, 0.2) is 34.4 Å². The average molecular weight is 318 g/mol. The van der Waals surface area contributed by atoms with Gasteiger partial charge in [0.1, 0.15) is 12.0 Å². The van der Waals surface area contributed by atoms with Crippen molar-refractivity contribution in [3.63, 3.8) is 0 Å². The van der Waals surface area contributed by atoms with Crippen molar-refractivity contribution >= 4 is 27.9 Å². The molecule has 1 aliphatic rings. The van der Waals surface area contributed by atoms with Crippen LogP contribution in [0.2, 0.25) is 0 Å². The Labute approximate surface area is 129 Å². The van der Waals surface area contributed by atoms with Crippen molar-refractivity contribution in [2.24, 2.45) is 0 Å². The van der Waals surface area contributed by atoms with E-state index in [9.17, 15) is 10.1 Å². The van der Waals surface area contributed by atoms with Crippen LogP contribution in [0.25, 0.3) is 4.96 Å². The first-order chi connectivity index (χ1) is 10.8. The van der Waals surface area contributed by atoms with E-state index in [-0.39, 0.29) is 16.8 Å². The lowest BCUT2D eigenvalue weighted by molar-refractivity contribution is -0.389. The first-order valence-electron chi connectivity index (χ1n) is 7.15. The molecule has 0 unspecified atom stereocenters. The van der Waals surface area contributed by atoms with E-state index in [4.69, 9.17) is 4.42 Å². The van der Waals surface area contributed by atoms with Crippen LogP contribution >= 0.6 is 11.3 Å². The van der Waals surface area contributed by atoms with Crippen molar-refractivity contribution in [3.05, 3.63) is 45.8 Å². The molecule has 1 aliphatic heterocycles. The molecule has 1 atom stereocenters. The number of nitro groups is 1. The Morgan fingerprint density at radius 1 is 1.45 bits per heavy atom. The SMILES string of the molecule is O=[N+]([O-])c1c(N2CCCC[C@@H]2c2ccco2)nc2sccn12. The summed E-state index contributed by atoms with van der Waals surface area (Å²) in [6.45, 7) is 0.747. The van der Waals surface area contributed by atoms with Crippen LogP contribution in [0.1, 0.15) is 31.1 Å². The molecule has 4 rings (SSSR count). The van der Waals surface area contributed by atoms with Crippen molar-refractivity contribution in [1.29, 1.82) is 0 Å². The normalized spacial score (nSPS) is 18.9. The molecule has 0 radical (unpaired) electrons. The lowest BCUT2D eigenvalue weighted by Gasteiger charge is -2.34. The molecule has 3 aromatic heterocycles. The summed E-state index contributed by atoms with van der Waals surface area (Å²) in [7, 11) is 0. The van der Waals surface area contributed by atoms with Gasteiger partial charge in [-0.05, 0) is 36.3 Å². The highest BCUT2D eigenvalue weighted by Crippen LogP contribution is 2.40. The molecule has 0 bridgehead atoms. The van der Waals surface area contributed by atoms with Gasteiger partial charge in [0.05, 0.1) is 12.3 Å². The first-order valence-corrected chi connectivity index (χ1v) is 8.03.